The van der Waals surface area contributed by atoms with Crippen LogP contribution in [0, 0.1) is 11.8 Å². The lowest BCUT2D eigenvalue weighted by molar-refractivity contribution is 0.0696. The van der Waals surface area contributed by atoms with Crippen molar-refractivity contribution in [2.24, 2.45) is 11.8 Å². The monoisotopic (exact) mass is 237 g/mol. The Kier molecular flexibility index (Phi) is 3.17. The van der Waals surface area contributed by atoms with Crippen LogP contribution in [0.2, 0.25) is 0 Å². The van der Waals surface area contributed by atoms with Gasteiger partial charge in [-0.15, -0.1) is 0 Å². The topological polar surface area (TPSA) is 79.5 Å². The van der Waals surface area contributed by atoms with Crippen molar-refractivity contribution < 1.29 is 19.1 Å². The second-order valence-electron chi connectivity index (χ2n) is 4.53. The van der Waals surface area contributed by atoms with Gasteiger partial charge in [0.2, 0.25) is 0 Å². The zero-order valence-corrected chi connectivity index (χ0v) is 9.60. The maximum absolute atomic E-state index is 11.6. The van der Waals surface area contributed by atoms with Crippen LogP contribution in [0.3, 0.4) is 0 Å². The fourth-order valence-electron chi connectivity index (χ4n) is 1.74. The second-order valence-corrected chi connectivity index (χ2v) is 4.53. The molecular formula is C12H15NO4. The van der Waals surface area contributed by atoms with Crippen LogP contribution >= 0.6 is 0 Å². The smallest absolute Gasteiger partial charge is 0.338 e. The number of hydrogen-bond donors (Lipinski definition) is 2. The van der Waals surface area contributed by atoms with Crippen molar-refractivity contribution in [3.05, 3.63) is 23.7 Å². The van der Waals surface area contributed by atoms with E-state index in [1.807, 2.05) is 0 Å². The number of aromatic carboxylic acids is 1. The zero-order chi connectivity index (χ0) is 12.4. The molecule has 1 aromatic heterocycles. The highest BCUT2D eigenvalue weighted by Gasteiger charge is 2.28. The summed E-state index contributed by atoms with van der Waals surface area (Å²) in [7, 11) is 0. The first kappa shape index (κ1) is 11.7. The molecule has 92 valence electrons. The standard InChI is InChI=1S/C12H15NO4/c1-7(8-2-3-8)5-13-11(14)10-4-9(6-17-10)12(15)16/h4,6-8H,2-3,5H2,1H3,(H,13,14)(H,15,16). The molecular weight excluding hydrogens is 222 g/mol. The third-order valence-electron chi connectivity index (χ3n) is 3.08. The van der Waals surface area contributed by atoms with Gasteiger partial charge in [-0.1, -0.05) is 6.92 Å². The van der Waals surface area contributed by atoms with Gasteiger partial charge in [-0.2, -0.15) is 0 Å². The Morgan fingerprint density at radius 1 is 1.59 bits per heavy atom. The van der Waals surface area contributed by atoms with Crippen molar-refractivity contribution in [1.29, 1.82) is 0 Å². The number of hydrogen-bond acceptors (Lipinski definition) is 3. The van der Waals surface area contributed by atoms with E-state index < -0.39 is 5.97 Å². The van der Waals surface area contributed by atoms with Crippen molar-refractivity contribution in [2.45, 2.75) is 19.8 Å². The van der Waals surface area contributed by atoms with Crippen molar-refractivity contribution in [2.75, 3.05) is 6.54 Å². The predicted molar refractivity (Wildman–Crippen MR) is 59.9 cm³/mol. The Morgan fingerprint density at radius 3 is 2.82 bits per heavy atom. The van der Waals surface area contributed by atoms with Gasteiger partial charge in [-0.25, -0.2) is 4.79 Å². The summed E-state index contributed by atoms with van der Waals surface area (Å²) >= 11 is 0. The summed E-state index contributed by atoms with van der Waals surface area (Å²) in [6.07, 6.45) is 3.55. The van der Waals surface area contributed by atoms with Gasteiger partial charge < -0.3 is 14.8 Å². The fraction of sp³-hybridized carbons (Fsp3) is 0.500. The van der Waals surface area contributed by atoms with Crippen molar-refractivity contribution in [1.82, 2.24) is 5.32 Å². The molecule has 1 aliphatic rings. The number of carboxylic acid groups (broad SMARTS) is 1. The molecule has 1 amide bonds. The molecule has 1 atom stereocenters. The first-order valence-electron chi connectivity index (χ1n) is 5.68. The van der Waals surface area contributed by atoms with Gasteiger partial charge in [0.05, 0.1) is 5.56 Å². The third kappa shape index (κ3) is 2.87. The Balaban J connectivity index is 1.87. The molecule has 2 N–H and O–H groups in total. The maximum Gasteiger partial charge on any atom is 0.338 e. The number of nitrogens with one attached hydrogen (secondary N) is 1. The van der Waals surface area contributed by atoms with E-state index in [2.05, 4.69) is 12.2 Å². The molecule has 0 bridgehead atoms. The van der Waals surface area contributed by atoms with E-state index in [4.69, 9.17) is 9.52 Å². The summed E-state index contributed by atoms with van der Waals surface area (Å²) in [6, 6.07) is 1.24. The van der Waals surface area contributed by atoms with Crippen LogP contribution in [0.25, 0.3) is 0 Å². The van der Waals surface area contributed by atoms with E-state index in [-0.39, 0.29) is 17.2 Å². The lowest BCUT2D eigenvalue weighted by atomic mass is 10.1. The van der Waals surface area contributed by atoms with Crippen LogP contribution in [0.15, 0.2) is 16.7 Å². The van der Waals surface area contributed by atoms with Crippen LogP contribution < -0.4 is 5.32 Å². The molecule has 1 aliphatic carbocycles. The quantitative estimate of drug-likeness (QED) is 0.817. The minimum atomic E-state index is -1.10. The highest BCUT2D eigenvalue weighted by Crippen LogP contribution is 2.36. The van der Waals surface area contributed by atoms with Crippen LogP contribution in [0.5, 0.6) is 0 Å². The van der Waals surface area contributed by atoms with Gasteiger partial charge in [0.15, 0.2) is 5.76 Å². The van der Waals surface area contributed by atoms with E-state index in [1.165, 1.54) is 18.9 Å². The first-order chi connectivity index (χ1) is 8.08. The molecule has 0 saturated heterocycles. The Bertz CT molecular complexity index is 433. The molecule has 1 saturated carbocycles. The lowest BCUT2D eigenvalue weighted by Gasteiger charge is -2.09. The van der Waals surface area contributed by atoms with Crippen molar-refractivity contribution in [3.63, 3.8) is 0 Å². The van der Waals surface area contributed by atoms with E-state index in [0.29, 0.717) is 12.5 Å². The molecule has 0 spiro atoms. The molecule has 5 nitrogen and oxygen atoms in total. The average molecular weight is 237 g/mol. The molecule has 0 aliphatic heterocycles. The van der Waals surface area contributed by atoms with E-state index >= 15 is 0 Å². The molecule has 1 fully saturated rings. The highest BCUT2D eigenvalue weighted by atomic mass is 16.4. The fourth-order valence-corrected chi connectivity index (χ4v) is 1.74. The van der Waals surface area contributed by atoms with Gasteiger partial charge in [0.25, 0.3) is 5.91 Å². The summed E-state index contributed by atoms with van der Waals surface area (Å²) in [5, 5.41) is 11.4. The van der Waals surface area contributed by atoms with E-state index in [9.17, 15) is 9.59 Å². The molecule has 1 unspecified atom stereocenters. The number of carboxylic acids is 1. The summed E-state index contributed by atoms with van der Waals surface area (Å²) in [5.74, 6) is -0.219. The molecule has 0 radical (unpaired) electrons. The second kappa shape index (κ2) is 4.61. The Hall–Kier alpha value is -1.78. The van der Waals surface area contributed by atoms with E-state index in [0.717, 1.165) is 12.2 Å². The Morgan fingerprint density at radius 2 is 2.29 bits per heavy atom. The number of rotatable bonds is 5. The van der Waals surface area contributed by atoms with Gasteiger partial charge in [-0.05, 0) is 24.7 Å². The average Bonchev–Trinajstić information content (AvgIpc) is 3.02. The largest absolute Gasteiger partial charge is 0.478 e. The van der Waals surface area contributed by atoms with Crippen LogP contribution in [-0.4, -0.2) is 23.5 Å². The van der Waals surface area contributed by atoms with Gasteiger partial charge in [0, 0.05) is 12.6 Å². The zero-order valence-electron chi connectivity index (χ0n) is 9.60. The van der Waals surface area contributed by atoms with Crippen molar-refractivity contribution in [3.8, 4) is 0 Å². The molecule has 1 heterocycles. The van der Waals surface area contributed by atoms with Gasteiger partial charge in [0.1, 0.15) is 6.26 Å². The SMILES string of the molecule is CC(CNC(=O)c1cc(C(=O)O)co1)C1CC1. The predicted octanol–water partition coefficient (Wildman–Crippen LogP) is 1.75. The number of carbonyl (C=O) groups is 2. The van der Waals surface area contributed by atoms with E-state index in [1.54, 1.807) is 0 Å². The third-order valence-corrected chi connectivity index (χ3v) is 3.08. The highest BCUT2D eigenvalue weighted by molar-refractivity contribution is 5.95. The molecule has 1 aromatic rings. The van der Waals surface area contributed by atoms with Crippen molar-refractivity contribution >= 4 is 11.9 Å². The summed E-state index contributed by atoms with van der Waals surface area (Å²) in [5.41, 5.74) is -0.00890. The van der Waals surface area contributed by atoms with Gasteiger partial charge >= 0.3 is 5.97 Å². The number of carbonyl (C=O) groups excluding carboxylic acids is 1. The molecule has 0 aromatic carbocycles. The first-order valence-corrected chi connectivity index (χ1v) is 5.68. The van der Waals surface area contributed by atoms with Crippen LogP contribution in [0.1, 0.15) is 40.7 Å². The molecule has 17 heavy (non-hydrogen) atoms. The maximum atomic E-state index is 11.6. The summed E-state index contributed by atoms with van der Waals surface area (Å²) < 4.78 is 4.90. The summed E-state index contributed by atoms with van der Waals surface area (Å²) in [4.78, 5) is 22.2. The van der Waals surface area contributed by atoms with Crippen LogP contribution in [0.4, 0.5) is 0 Å². The molecule has 5 heteroatoms. The minimum absolute atomic E-state index is 0.00890. The van der Waals surface area contributed by atoms with Gasteiger partial charge in [-0.3, -0.25) is 4.79 Å². The van der Waals surface area contributed by atoms with Crippen LogP contribution in [-0.2, 0) is 0 Å². The lowest BCUT2D eigenvalue weighted by Crippen LogP contribution is -2.28. The Labute approximate surface area is 98.8 Å². The number of furan rings is 1. The molecule has 2 rings (SSSR count). The minimum Gasteiger partial charge on any atom is -0.478 e. The number of amides is 1. The summed E-state index contributed by atoms with van der Waals surface area (Å²) in [6.45, 7) is 2.70. The normalized spacial score (nSPS) is 16.5.